The number of rotatable bonds is 3. The zero-order chi connectivity index (χ0) is 17.5. The molecule has 3 unspecified atom stereocenters. The lowest BCUT2D eigenvalue weighted by Crippen LogP contribution is -2.56. The predicted molar refractivity (Wildman–Crippen MR) is 89.0 cm³/mol. The molecule has 3 rings (SSSR count). The van der Waals surface area contributed by atoms with Gasteiger partial charge in [0.1, 0.15) is 11.6 Å². The Hall–Kier alpha value is -1.63. The smallest absolute Gasteiger partial charge is 0.325 e. The number of amides is 4. The van der Waals surface area contributed by atoms with E-state index in [0.29, 0.717) is 31.8 Å². The second kappa shape index (κ2) is 6.35. The fraction of sp³-hybridized carbons (Fsp3) is 0.824. The average Bonchev–Trinajstić information content (AvgIpc) is 3.12. The molecular formula is C17H28N4O3. The number of carbonyl (C=O) groups excluding carboxylic acids is 3. The Bertz CT molecular complexity index is 544. The van der Waals surface area contributed by atoms with Gasteiger partial charge in [-0.1, -0.05) is 19.8 Å². The number of hydrogen-bond donors (Lipinski definition) is 2. The fourth-order valence-electron chi connectivity index (χ4n) is 4.43. The maximum absolute atomic E-state index is 13.0. The highest BCUT2D eigenvalue weighted by Crippen LogP contribution is 2.36. The first-order valence-electron chi connectivity index (χ1n) is 9.06. The highest BCUT2D eigenvalue weighted by molar-refractivity contribution is 6.10. The summed E-state index contributed by atoms with van der Waals surface area (Å²) in [4.78, 5) is 41.1. The van der Waals surface area contributed by atoms with Crippen molar-refractivity contribution in [2.24, 2.45) is 11.7 Å². The molecule has 0 bridgehead atoms. The summed E-state index contributed by atoms with van der Waals surface area (Å²) in [5.74, 6) is 0.132. The molecule has 4 amide bonds. The van der Waals surface area contributed by atoms with Gasteiger partial charge >= 0.3 is 6.03 Å². The van der Waals surface area contributed by atoms with Gasteiger partial charge in [0.25, 0.3) is 5.91 Å². The Morgan fingerprint density at radius 3 is 2.67 bits per heavy atom. The van der Waals surface area contributed by atoms with Crippen LogP contribution < -0.4 is 11.1 Å². The third kappa shape index (κ3) is 2.68. The Labute approximate surface area is 142 Å². The van der Waals surface area contributed by atoms with Crippen molar-refractivity contribution in [2.75, 3.05) is 13.1 Å². The fourth-order valence-corrected chi connectivity index (χ4v) is 4.43. The number of imide groups is 1. The zero-order valence-corrected chi connectivity index (χ0v) is 14.6. The molecule has 1 aliphatic carbocycles. The molecule has 2 aliphatic heterocycles. The normalized spacial score (nSPS) is 30.8. The lowest BCUT2D eigenvalue weighted by molar-refractivity contribution is -0.145. The van der Waals surface area contributed by atoms with Crippen LogP contribution in [0.4, 0.5) is 4.79 Å². The van der Waals surface area contributed by atoms with Gasteiger partial charge in [0.05, 0.1) is 0 Å². The van der Waals surface area contributed by atoms with E-state index in [4.69, 9.17) is 5.73 Å². The second-order valence-electron chi connectivity index (χ2n) is 7.62. The topological polar surface area (TPSA) is 95.7 Å². The second-order valence-corrected chi connectivity index (χ2v) is 7.62. The predicted octanol–water partition coefficient (Wildman–Crippen LogP) is 0.825. The van der Waals surface area contributed by atoms with Gasteiger partial charge in [-0.15, -0.1) is 0 Å². The van der Waals surface area contributed by atoms with Crippen LogP contribution in [-0.2, 0) is 9.59 Å². The van der Waals surface area contributed by atoms with Crippen LogP contribution in [0.3, 0.4) is 0 Å². The minimum absolute atomic E-state index is 0.00935. The number of likely N-dealkylation sites (tertiary alicyclic amines) is 1. The summed E-state index contributed by atoms with van der Waals surface area (Å²) in [6, 6.07) is -1.22. The van der Waals surface area contributed by atoms with Gasteiger partial charge in [0, 0.05) is 19.1 Å². The van der Waals surface area contributed by atoms with Gasteiger partial charge in [-0.2, -0.15) is 0 Å². The third-order valence-corrected chi connectivity index (χ3v) is 5.93. The molecule has 3 N–H and O–H groups in total. The van der Waals surface area contributed by atoms with Gasteiger partial charge in [-0.3, -0.25) is 9.59 Å². The van der Waals surface area contributed by atoms with Gasteiger partial charge in [-0.25, -0.2) is 9.69 Å². The van der Waals surface area contributed by atoms with Crippen molar-refractivity contribution in [3.63, 3.8) is 0 Å². The van der Waals surface area contributed by atoms with Gasteiger partial charge in [0.15, 0.2) is 0 Å². The quantitative estimate of drug-likeness (QED) is 0.746. The molecule has 3 aliphatic rings. The molecule has 2 heterocycles. The van der Waals surface area contributed by atoms with Crippen molar-refractivity contribution < 1.29 is 14.4 Å². The number of piperidine rings is 1. The standard InChI is InChI=1S/C17H28N4O3/c1-11-5-8-20(13(9-11)10-18)14(22)12(2)21-15(23)17(19-16(21)24)6-3-4-7-17/h11-13H,3-10,18H2,1-2H3,(H,19,24). The molecule has 1 saturated carbocycles. The zero-order valence-electron chi connectivity index (χ0n) is 14.6. The average molecular weight is 336 g/mol. The number of hydrogen-bond acceptors (Lipinski definition) is 4. The van der Waals surface area contributed by atoms with Gasteiger partial charge in [0.2, 0.25) is 5.91 Å². The van der Waals surface area contributed by atoms with E-state index >= 15 is 0 Å². The summed E-state index contributed by atoms with van der Waals surface area (Å²) in [6.45, 7) is 4.86. The van der Waals surface area contributed by atoms with E-state index in [1.54, 1.807) is 11.8 Å². The largest absolute Gasteiger partial charge is 0.337 e. The van der Waals surface area contributed by atoms with Crippen molar-refractivity contribution in [3.05, 3.63) is 0 Å². The summed E-state index contributed by atoms with van der Waals surface area (Å²) in [5.41, 5.74) is 5.07. The van der Waals surface area contributed by atoms with E-state index in [9.17, 15) is 14.4 Å². The van der Waals surface area contributed by atoms with Crippen LogP contribution >= 0.6 is 0 Å². The van der Waals surface area contributed by atoms with Crippen LogP contribution in [0.5, 0.6) is 0 Å². The maximum atomic E-state index is 13.0. The number of nitrogens with two attached hydrogens (primary N) is 1. The monoisotopic (exact) mass is 336 g/mol. The number of carbonyl (C=O) groups is 3. The molecular weight excluding hydrogens is 308 g/mol. The molecule has 3 fully saturated rings. The van der Waals surface area contributed by atoms with Crippen molar-refractivity contribution in [1.29, 1.82) is 0 Å². The number of nitrogens with one attached hydrogen (secondary N) is 1. The lowest BCUT2D eigenvalue weighted by Gasteiger charge is -2.40. The third-order valence-electron chi connectivity index (χ3n) is 5.93. The summed E-state index contributed by atoms with van der Waals surface area (Å²) in [5, 5.41) is 2.84. The van der Waals surface area contributed by atoms with Crippen LogP contribution in [0, 0.1) is 5.92 Å². The highest BCUT2D eigenvalue weighted by Gasteiger charge is 2.55. The first kappa shape index (κ1) is 17.2. The molecule has 0 aromatic heterocycles. The van der Waals surface area contributed by atoms with E-state index in [1.807, 2.05) is 0 Å². The van der Waals surface area contributed by atoms with Gasteiger partial charge in [-0.05, 0) is 38.5 Å². The molecule has 7 nitrogen and oxygen atoms in total. The highest BCUT2D eigenvalue weighted by atomic mass is 16.2. The first-order valence-corrected chi connectivity index (χ1v) is 9.06. The van der Waals surface area contributed by atoms with Crippen molar-refractivity contribution >= 4 is 17.8 Å². The molecule has 7 heteroatoms. The summed E-state index contributed by atoms with van der Waals surface area (Å²) < 4.78 is 0. The minimum atomic E-state index is -0.778. The first-order chi connectivity index (χ1) is 11.4. The molecule has 2 saturated heterocycles. The molecule has 1 spiro atoms. The molecule has 0 aromatic carbocycles. The van der Waals surface area contributed by atoms with E-state index in [1.165, 1.54) is 0 Å². The molecule has 134 valence electrons. The molecule has 0 radical (unpaired) electrons. The van der Waals surface area contributed by atoms with Crippen molar-refractivity contribution in [3.8, 4) is 0 Å². The Kier molecular flexibility index (Phi) is 4.55. The Morgan fingerprint density at radius 1 is 1.38 bits per heavy atom. The van der Waals surface area contributed by atoms with Crippen LogP contribution in [0.1, 0.15) is 52.4 Å². The Morgan fingerprint density at radius 2 is 2.04 bits per heavy atom. The van der Waals surface area contributed by atoms with E-state index in [0.717, 1.165) is 30.6 Å². The number of nitrogens with zero attached hydrogens (tertiary/aromatic N) is 2. The SMILES string of the molecule is CC1CCN(C(=O)C(C)N2C(=O)NC3(CCCC3)C2=O)C(CN)C1. The van der Waals surface area contributed by atoms with E-state index in [-0.39, 0.29) is 17.9 Å². The van der Waals surface area contributed by atoms with Crippen LogP contribution in [0.25, 0.3) is 0 Å². The van der Waals surface area contributed by atoms with Gasteiger partial charge < -0.3 is 16.0 Å². The van der Waals surface area contributed by atoms with Crippen LogP contribution in [-0.4, -0.2) is 58.4 Å². The molecule has 3 atom stereocenters. The Balaban J connectivity index is 1.75. The summed E-state index contributed by atoms with van der Waals surface area (Å²) >= 11 is 0. The summed E-state index contributed by atoms with van der Waals surface area (Å²) in [7, 11) is 0. The maximum Gasteiger partial charge on any atom is 0.325 e. The van der Waals surface area contributed by atoms with E-state index in [2.05, 4.69) is 12.2 Å². The van der Waals surface area contributed by atoms with Crippen molar-refractivity contribution in [2.45, 2.75) is 70.0 Å². The van der Waals surface area contributed by atoms with Crippen LogP contribution in [0.15, 0.2) is 0 Å². The van der Waals surface area contributed by atoms with Crippen LogP contribution in [0.2, 0.25) is 0 Å². The minimum Gasteiger partial charge on any atom is -0.337 e. The molecule has 24 heavy (non-hydrogen) atoms. The van der Waals surface area contributed by atoms with E-state index < -0.39 is 17.6 Å². The lowest BCUT2D eigenvalue weighted by atomic mass is 9.91. The summed E-state index contributed by atoms with van der Waals surface area (Å²) in [6.07, 6.45) is 5.00. The number of urea groups is 1. The molecule has 0 aromatic rings. The van der Waals surface area contributed by atoms with Crippen molar-refractivity contribution in [1.82, 2.24) is 15.1 Å².